The highest BCUT2D eigenvalue weighted by atomic mass is 79.9. The third kappa shape index (κ3) is 7.61. The van der Waals surface area contributed by atoms with E-state index in [9.17, 15) is 4.79 Å². The molecule has 2 aromatic carbocycles. The summed E-state index contributed by atoms with van der Waals surface area (Å²) in [5.74, 6) is 0.0982. The Hall–Kier alpha value is -1.05. The molecule has 0 saturated carbocycles. The van der Waals surface area contributed by atoms with E-state index in [-0.39, 0.29) is 5.11 Å². The smallest absolute Gasteiger partial charge is 0.261 e. The monoisotopic (exact) mass is 536 g/mol. The first-order valence-electron chi connectivity index (χ1n) is 9.01. The second-order valence-electron chi connectivity index (χ2n) is 6.20. The normalized spacial score (nSPS) is 10.5. The number of benzene rings is 2. The number of halogens is 4. The molecule has 156 valence electrons. The number of hydrogen-bond donors (Lipinski definition) is 2. The molecule has 0 heterocycles. The van der Waals surface area contributed by atoms with Gasteiger partial charge in [0.1, 0.15) is 5.75 Å². The van der Waals surface area contributed by atoms with E-state index in [1.165, 1.54) is 12.1 Å². The molecule has 2 N–H and O–H groups in total. The van der Waals surface area contributed by atoms with Gasteiger partial charge in [-0.15, -0.1) is 0 Å². The molecule has 0 bridgehead atoms. The Bertz CT molecular complexity index is 896. The molecule has 0 aliphatic heterocycles. The molecule has 0 spiro atoms. The van der Waals surface area contributed by atoms with Crippen molar-refractivity contribution in [2.75, 3.05) is 11.9 Å². The number of rotatable bonds is 8. The number of carbonyl (C=O) groups excluding carboxylic acids is 1. The highest BCUT2D eigenvalue weighted by Crippen LogP contribution is 2.32. The van der Waals surface area contributed by atoms with Crippen molar-refractivity contribution in [1.82, 2.24) is 5.32 Å². The van der Waals surface area contributed by atoms with E-state index in [0.717, 1.165) is 30.2 Å². The number of amides is 1. The van der Waals surface area contributed by atoms with E-state index in [4.69, 9.17) is 51.8 Å². The van der Waals surface area contributed by atoms with E-state index in [2.05, 4.69) is 33.5 Å². The van der Waals surface area contributed by atoms with Gasteiger partial charge in [-0.3, -0.25) is 10.1 Å². The molecule has 0 radical (unpaired) electrons. The van der Waals surface area contributed by atoms with Crippen LogP contribution in [0.25, 0.3) is 0 Å². The number of thiocarbonyl (C=S) groups is 1. The SMILES string of the molecule is CCCCCCOc1ccc(Br)cc1C(=O)NC(=S)Nc1cc(Cl)c(Cl)cc1Cl. The molecule has 0 aliphatic carbocycles. The fraction of sp³-hybridized carbons (Fsp3) is 0.300. The number of unbranched alkanes of at least 4 members (excludes halogenated alkanes) is 3. The van der Waals surface area contributed by atoms with Crippen molar-refractivity contribution in [3.63, 3.8) is 0 Å². The number of nitrogens with one attached hydrogen (secondary N) is 2. The third-order valence-electron chi connectivity index (χ3n) is 3.93. The lowest BCUT2D eigenvalue weighted by Gasteiger charge is -2.14. The first-order chi connectivity index (χ1) is 13.8. The summed E-state index contributed by atoms with van der Waals surface area (Å²) in [4.78, 5) is 12.7. The van der Waals surface area contributed by atoms with Crippen molar-refractivity contribution < 1.29 is 9.53 Å². The Morgan fingerprint density at radius 2 is 1.79 bits per heavy atom. The topological polar surface area (TPSA) is 50.4 Å². The average Bonchev–Trinajstić information content (AvgIpc) is 2.66. The fourth-order valence-electron chi connectivity index (χ4n) is 2.46. The van der Waals surface area contributed by atoms with Gasteiger partial charge in [0, 0.05) is 4.47 Å². The Morgan fingerprint density at radius 3 is 2.52 bits per heavy atom. The molecular formula is C20H20BrCl3N2O2S. The summed E-state index contributed by atoms with van der Waals surface area (Å²) in [5, 5.41) is 6.53. The molecule has 9 heteroatoms. The molecule has 0 saturated heterocycles. The summed E-state index contributed by atoms with van der Waals surface area (Å²) < 4.78 is 6.57. The van der Waals surface area contributed by atoms with Gasteiger partial charge >= 0.3 is 0 Å². The van der Waals surface area contributed by atoms with Crippen LogP contribution in [0.3, 0.4) is 0 Å². The van der Waals surface area contributed by atoms with Crippen LogP contribution in [0.5, 0.6) is 5.75 Å². The van der Waals surface area contributed by atoms with Crippen molar-refractivity contribution in [2.45, 2.75) is 32.6 Å². The van der Waals surface area contributed by atoms with Crippen LogP contribution in [0.2, 0.25) is 15.1 Å². The van der Waals surface area contributed by atoms with Crippen LogP contribution in [0.4, 0.5) is 5.69 Å². The summed E-state index contributed by atoms with van der Waals surface area (Å²) in [6.45, 7) is 2.70. The Balaban J connectivity index is 2.04. The standard InChI is InChI=1S/C20H20BrCl3N2O2S/c1-2-3-4-5-8-28-18-7-6-12(21)9-13(18)19(27)26-20(29)25-17-11-15(23)14(22)10-16(17)24/h6-7,9-11H,2-5,8H2,1H3,(H2,25,26,27,29). The van der Waals surface area contributed by atoms with Crippen LogP contribution in [0.1, 0.15) is 43.0 Å². The summed E-state index contributed by atoms with van der Waals surface area (Å²) in [6, 6.07) is 8.30. The van der Waals surface area contributed by atoms with Gasteiger partial charge in [-0.25, -0.2) is 0 Å². The average molecular weight is 539 g/mol. The molecule has 0 aliphatic rings. The quantitative estimate of drug-likeness (QED) is 0.208. The van der Waals surface area contributed by atoms with E-state index in [0.29, 0.717) is 38.7 Å². The molecule has 2 rings (SSSR count). The third-order valence-corrected chi connectivity index (χ3v) is 5.66. The van der Waals surface area contributed by atoms with E-state index in [1.807, 2.05) is 6.07 Å². The van der Waals surface area contributed by atoms with Crippen LogP contribution in [-0.2, 0) is 0 Å². The summed E-state index contributed by atoms with van der Waals surface area (Å²) in [5.41, 5.74) is 0.812. The largest absolute Gasteiger partial charge is 0.493 e. The molecule has 2 aromatic rings. The minimum Gasteiger partial charge on any atom is -0.493 e. The summed E-state index contributed by atoms with van der Waals surface area (Å²) in [7, 11) is 0. The van der Waals surface area contributed by atoms with E-state index < -0.39 is 5.91 Å². The van der Waals surface area contributed by atoms with Crippen molar-refractivity contribution in [2.24, 2.45) is 0 Å². The molecule has 0 aromatic heterocycles. The second kappa shape index (κ2) is 12.0. The Morgan fingerprint density at radius 1 is 1.07 bits per heavy atom. The second-order valence-corrected chi connectivity index (χ2v) is 8.75. The van der Waals surface area contributed by atoms with E-state index >= 15 is 0 Å². The van der Waals surface area contributed by atoms with Gasteiger partial charge in [0.05, 0.1) is 32.9 Å². The van der Waals surface area contributed by atoms with Crippen LogP contribution in [0.15, 0.2) is 34.8 Å². The number of carbonyl (C=O) groups is 1. The molecule has 0 fully saturated rings. The Kier molecular flexibility index (Phi) is 9.99. The zero-order valence-electron chi connectivity index (χ0n) is 15.7. The zero-order valence-corrected chi connectivity index (χ0v) is 20.3. The van der Waals surface area contributed by atoms with Crippen LogP contribution >= 0.6 is 63.0 Å². The van der Waals surface area contributed by atoms with Gasteiger partial charge < -0.3 is 10.1 Å². The highest BCUT2D eigenvalue weighted by molar-refractivity contribution is 9.10. The molecular weight excluding hydrogens is 519 g/mol. The lowest BCUT2D eigenvalue weighted by molar-refractivity contribution is 0.0973. The van der Waals surface area contributed by atoms with Gasteiger partial charge in [0.15, 0.2) is 5.11 Å². The van der Waals surface area contributed by atoms with Crippen molar-refractivity contribution in [3.05, 3.63) is 55.4 Å². The number of hydrogen-bond acceptors (Lipinski definition) is 3. The van der Waals surface area contributed by atoms with Gasteiger partial charge in [-0.1, -0.05) is 76.9 Å². The van der Waals surface area contributed by atoms with Crippen LogP contribution < -0.4 is 15.4 Å². The van der Waals surface area contributed by atoms with Crippen molar-refractivity contribution in [3.8, 4) is 5.75 Å². The first kappa shape index (κ1) is 24.2. The zero-order chi connectivity index (χ0) is 21.4. The van der Waals surface area contributed by atoms with Gasteiger partial charge in [-0.2, -0.15) is 0 Å². The molecule has 0 atom stereocenters. The number of ether oxygens (including phenoxy) is 1. The highest BCUT2D eigenvalue weighted by Gasteiger charge is 2.16. The van der Waals surface area contributed by atoms with Crippen molar-refractivity contribution >= 4 is 79.7 Å². The lowest BCUT2D eigenvalue weighted by atomic mass is 10.2. The maximum absolute atomic E-state index is 12.7. The fourth-order valence-corrected chi connectivity index (χ4v) is 3.62. The maximum Gasteiger partial charge on any atom is 0.261 e. The maximum atomic E-state index is 12.7. The molecule has 29 heavy (non-hydrogen) atoms. The van der Waals surface area contributed by atoms with Gasteiger partial charge in [0.2, 0.25) is 0 Å². The molecule has 4 nitrogen and oxygen atoms in total. The van der Waals surface area contributed by atoms with Crippen LogP contribution in [-0.4, -0.2) is 17.6 Å². The van der Waals surface area contributed by atoms with Gasteiger partial charge in [0.25, 0.3) is 5.91 Å². The predicted octanol–water partition coefficient (Wildman–Crippen LogP) is 7.50. The molecule has 1 amide bonds. The minimum absolute atomic E-state index is 0.0733. The van der Waals surface area contributed by atoms with Gasteiger partial charge in [-0.05, 0) is 49.0 Å². The first-order valence-corrected chi connectivity index (χ1v) is 11.3. The Labute approximate surface area is 199 Å². The molecule has 0 unspecified atom stereocenters. The predicted molar refractivity (Wildman–Crippen MR) is 129 cm³/mol. The van der Waals surface area contributed by atoms with E-state index in [1.54, 1.807) is 12.1 Å². The van der Waals surface area contributed by atoms with Crippen LogP contribution in [0, 0.1) is 0 Å². The van der Waals surface area contributed by atoms with Crippen molar-refractivity contribution in [1.29, 1.82) is 0 Å². The number of anilines is 1. The minimum atomic E-state index is -0.399. The summed E-state index contributed by atoms with van der Waals surface area (Å²) in [6.07, 6.45) is 4.33. The lowest BCUT2D eigenvalue weighted by Crippen LogP contribution is -2.34. The summed E-state index contributed by atoms with van der Waals surface area (Å²) >= 11 is 26.7.